The van der Waals surface area contributed by atoms with E-state index in [1.54, 1.807) is 18.2 Å². The molecule has 0 fully saturated rings. The van der Waals surface area contributed by atoms with Crippen LogP contribution in [-0.4, -0.2) is 24.7 Å². The summed E-state index contributed by atoms with van der Waals surface area (Å²) >= 11 is 0. The number of fused-ring (bicyclic) bond motifs is 1. The molecule has 5 nitrogen and oxygen atoms in total. The van der Waals surface area contributed by atoms with Crippen molar-refractivity contribution < 1.29 is 23.5 Å². The number of ether oxygens (including phenoxy) is 1. The van der Waals surface area contributed by atoms with Gasteiger partial charge in [0.25, 0.3) is 5.91 Å². The molecule has 1 heterocycles. The van der Waals surface area contributed by atoms with Gasteiger partial charge in [0.15, 0.2) is 5.78 Å². The summed E-state index contributed by atoms with van der Waals surface area (Å²) in [4.78, 5) is 37.7. The summed E-state index contributed by atoms with van der Waals surface area (Å²) in [5, 5.41) is 0. The standard InChI is InChI=1S/C20H16FNO4/c1-11(23)14-6-9-17-16(10-14)18(20(25)22(17)12(2)24)19(26-3)13-4-7-15(21)8-5-13/h4-10H,1-3H3/b19-18-. The van der Waals surface area contributed by atoms with Gasteiger partial charge in [-0.25, -0.2) is 9.29 Å². The SMILES string of the molecule is CO/C(=C1\C(=O)N(C(C)=O)c2ccc(C(C)=O)cc21)c1ccc(F)cc1. The number of methoxy groups -OCH3 is 1. The fraction of sp³-hybridized carbons (Fsp3) is 0.150. The molecule has 0 saturated carbocycles. The predicted octanol–water partition coefficient (Wildman–Crippen LogP) is 3.44. The Morgan fingerprint density at radius 1 is 1.00 bits per heavy atom. The number of nitrogens with zero attached hydrogens (tertiary/aromatic N) is 1. The lowest BCUT2D eigenvalue weighted by atomic mass is 9.99. The summed E-state index contributed by atoms with van der Waals surface area (Å²) in [6.07, 6.45) is 0. The van der Waals surface area contributed by atoms with Crippen molar-refractivity contribution >= 4 is 34.6 Å². The van der Waals surface area contributed by atoms with Gasteiger partial charge >= 0.3 is 0 Å². The van der Waals surface area contributed by atoms with Gasteiger partial charge in [0, 0.05) is 23.6 Å². The molecule has 2 amide bonds. The zero-order chi connectivity index (χ0) is 19.0. The van der Waals surface area contributed by atoms with Crippen molar-refractivity contribution in [2.75, 3.05) is 12.0 Å². The fourth-order valence-corrected chi connectivity index (χ4v) is 2.98. The first-order chi connectivity index (χ1) is 12.3. The lowest BCUT2D eigenvalue weighted by molar-refractivity contribution is -0.122. The van der Waals surface area contributed by atoms with Crippen LogP contribution in [0.2, 0.25) is 0 Å². The van der Waals surface area contributed by atoms with E-state index in [4.69, 9.17) is 4.74 Å². The van der Waals surface area contributed by atoms with Gasteiger partial charge in [-0.3, -0.25) is 14.4 Å². The topological polar surface area (TPSA) is 63.7 Å². The molecule has 1 aliphatic heterocycles. The molecule has 2 aromatic rings. The number of carbonyl (C=O) groups excluding carboxylic acids is 3. The van der Waals surface area contributed by atoms with Gasteiger partial charge in [0.1, 0.15) is 11.6 Å². The molecule has 0 saturated heterocycles. The Morgan fingerprint density at radius 3 is 2.15 bits per heavy atom. The maximum atomic E-state index is 13.2. The minimum atomic E-state index is -0.547. The summed E-state index contributed by atoms with van der Waals surface area (Å²) in [7, 11) is 1.39. The second-order valence-electron chi connectivity index (χ2n) is 5.86. The largest absolute Gasteiger partial charge is 0.495 e. The highest BCUT2D eigenvalue weighted by Crippen LogP contribution is 2.41. The highest BCUT2D eigenvalue weighted by Gasteiger charge is 2.38. The van der Waals surface area contributed by atoms with Crippen LogP contribution >= 0.6 is 0 Å². The van der Waals surface area contributed by atoms with Gasteiger partial charge in [-0.05, 0) is 49.4 Å². The van der Waals surface area contributed by atoms with Gasteiger partial charge < -0.3 is 4.74 Å². The lowest BCUT2D eigenvalue weighted by Gasteiger charge is -2.12. The van der Waals surface area contributed by atoms with Gasteiger partial charge in [0.2, 0.25) is 5.91 Å². The molecule has 0 aromatic heterocycles. The van der Waals surface area contributed by atoms with Crippen LogP contribution in [0.1, 0.15) is 35.3 Å². The molecule has 26 heavy (non-hydrogen) atoms. The molecule has 0 aliphatic carbocycles. The average molecular weight is 353 g/mol. The van der Waals surface area contributed by atoms with Crippen molar-refractivity contribution in [1.82, 2.24) is 0 Å². The molecule has 0 spiro atoms. The third kappa shape index (κ3) is 2.79. The molecule has 0 N–H and O–H groups in total. The number of carbonyl (C=O) groups is 3. The Bertz CT molecular complexity index is 960. The smallest absolute Gasteiger partial charge is 0.269 e. The van der Waals surface area contributed by atoms with Gasteiger partial charge in [-0.1, -0.05) is 0 Å². The average Bonchev–Trinajstić information content (AvgIpc) is 2.89. The summed E-state index contributed by atoms with van der Waals surface area (Å²) in [6.45, 7) is 2.70. The third-order valence-electron chi connectivity index (χ3n) is 4.18. The van der Waals surface area contributed by atoms with E-state index in [1.807, 2.05) is 0 Å². The first-order valence-electron chi connectivity index (χ1n) is 7.89. The second kappa shape index (κ2) is 6.55. The van der Waals surface area contributed by atoms with Crippen LogP contribution in [0.3, 0.4) is 0 Å². The Balaban J connectivity index is 2.31. The highest BCUT2D eigenvalue weighted by molar-refractivity contribution is 6.43. The lowest BCUT2D eigenvalue weighted by Crippen LogP contribution is -2.31. The molecule has 0 atom stereocenters. The van der Waals surface area contributed by atoms with Crippen molar-refractivity contribution in [2.24, 2.45) is 0 Å². The molecule has 1 aliphatic rings. The number of anilines is 1. The van der Waals surface area contributed by atoms with Crippen LogP contribution in [0.5, 0.6) is 0 Å². The maximum absolute atomic E-state index is 13.2. The Morgan fingerprint density at radius 2 is 1.62 bits per heavy atom. The van der Waals surface area contributed by atoms with Gasteiger partial charge in [0.05, 0.1) is 18.4 Å². The van der Waals surface area contributed by atoms with Crippen molar-refractivity contribution in [3.8, 4) is 0 Å². The Labute approximate surface area is 149 Å². The molecule has 0 unspecified atom stereocenters. The second-order valence-corrected chi connectivity index (χ2v) is 5.86. The number of benzene rings is 2. The van der Waals surface area contributed by atoms with Crippen molar-refractivity contribution in [3.05, 3.63) is 65.0 Å². The number of halogens is 1. The first-order valence-corrected chi connectivity index (χ1v) is 7.89. The highest BCUT2D eigenvalue weighted by atomic mass is 19.1. The van der Waals surface area contributed by atoms with Crippen molar-refractivity contribution in [2.45, 2.75) is 13.8 Å². The molecule has 6 heteroatoms. The normalized spacial score (nSPS) is 14.9. The van der Waals surface area contributed by atoms with Crippen LogP contribution in [0.15, 0.2) is 42.5 Å². The third-order valence-corrected chi connectivity index (χ3v) is 4.18. The van der Waals surface area contributed by atoms with Gasteiger partial charge in [-0.2, -0.15) is 0 Å². The summed E-state index contributed by atoms with van der Waals surface area (Å²) < 4.78 is 18.7. The van der Waals surface area contributed by atoms with Crippen molar-refractivity contribution in [1.29, 1.82) is 0 Å². The molecular weight excluding hydrogens is 337 g/mol. The molecule has 0 radical (unpaired) electrons. The van der Waals surface area contributed by atoms with E-state index in [1.165, 1.54) is 45.2 Å². The number of ketones is 1. The van der Waals surface area contributed by atoms with E-state index in [0.717, 1.165) is 4.90 Å². The summed E-state index contributed by atoms with van der Waals surface area (Å²) in [6, 6.07) is 10.2. The van der Waals surface area contributed by atoms with E-state index in [-0.39, 0.29) is 17.1 Å². The molecule has 132 valence electrons. The van der Waals surface area contributed by atoms with E-state index in [0.29, 0.717) is 22.4 Å². The van der Waals surface area contributed by atoms with E-state index >= 15 is 0 Å². The minimum Gasteiger partial charge on any atom is -0.495 e. The minimum absolute atomic E-state index is 0.160. The quantitative estimate of drug-likeness (QED) is 0.482. The Hall–Kier alpha value is -3.28. The molecule has 2 aromatic carbocycles. The van der Waals surface area contributed by atoms with Gasteiger partial charge in [-0.15, -0.1) is 0 Å². The number of hydrogen-bond acceptors (Lipinski definition) is 4. The Kier molecular flexibility index (Phi) is 4.42. The van der Waals surface area contributed by atoms with Crippen LogP contribution < -0.4 is 4.90 Å². The van der Waals surface area contributed by atoms with Crippen LogP contribution in [0, 0.1) is 5.82 Å². The van der Waals surface area contributed by atoms with E-state index < -0.39 is 17.6 Å². The summed E-state index contributed by atoms with van der Waals surface area (Å²) in [5.74, 6) is -1.37. The number of imide groups is 1. The van der Waals surface area contributed by atoms with Crippen LogP contribution in [-0.2, 0) is 14.3 Å². The number of Topliss-reactive ketones (excluding diaryl/α,β-unsaturated/α-hetero) is 1. The monoisotopic (exact) mass is 353 g/mol. The van der Waals surface area contributed by atoms with Crippen molar-refractivity contribution in [3.63, 3.8) is 0 Å². The van der Waals surface area contributed by atoms with Crippen LogP contribution in [0.25, 0.3) is 11.3 Å². The summed E-state index contributed by atoms with van der Waals surface area (Å²) in [5.41, 5.74) is 1.88. The zero-order valence-corrected chi connectivity index (χ0v) is 14.5. The predicted molar refractivity (Wildman–Crippen MR) is 94.8 cm³/mol. The maximum Gasteiger partial charge on any atom is 0.269 e. The van der Waals surface area contributed by atoms with E-state index in [2.05, 4.69) is 0 Å². The zero-order valence-electron chi connectivity index (χ0n) is 14.5. The number of hydrogen-bond donors (Lipinski definition) is 0. The molecule has 3 rings (SSSR count). The number of amides is 2. The molecular formula is C20H16FNO4. The fourth-order valence-electron chi connectivity index (χ4n) is 2.98. The van der Waals surface area contributed by atoms with Crippen LogP contribution in [0.4, 0.5) is 10.1 Å². The first kappa shape index (κ1) is 17.5. The molecule has 0 bridgehead atoms. The van der Waals surface area contributed by atoms with E-state index in [9.17, 15) is 18.8 Å². The number of rotatable bonds is 3.